The molecular weight excluding hydrogens is 326 g/mol. The van der Waals surface area contributed by atoms with Crippen LogP contribution in [-0.4, -0.2) is 59.4 Å². The number of likely N-dealkylation sites (tertiary alicyclic amines) is 1. The van der Waals surface area contributed by atoms with Crippen LogP contribution in [0.25, 0.3) is 0 Å². The van der Waals surface area contributed by atoms with Crippen LogP contribution in [0.1, 0.15) is 43.6 Å². The first kappa shape index (κ1) is 16.0. The monoisotopic (exact) mass is 349 g/mol. The molecule has 4 rings (SSSR count). The van der Waals surface area contributed by atoms with E-state index in [0.717, 1.165) is 37.7 Å². The Labute approximate surface area is 142 Å². The Morgan fingerprint density at radius 3 is 2.54 bits per heavy atom. The largest absolute Gasteiger partial charge is 0.339 e. The molecule has 3 fully saturated rings. The van der Waals surface area contributed by atoms with Gasteiger partial charge in [0.2, 0.25) is 15.9 Å². The maximum atomic E-state index is 12.7. The van der Waals surface area contributed by atoms with Crippen LogP contribution in [0.4, 0.5) is 0 Å². The van der Waals surface area contributed by atoms with Crippen molar-refractivity contribution in [2.75, 3.05) is 20.1 Å². The lowest BCUT2D eigenvalue weighted by Crippen LogP contribution is -2.53. The second kappa shape index (κ2) is 5.52. The van der Waals surface area contributed by atoms with Crippen molar-refractivity contribution in [2.45, 2.75) is 48.8 Å². The maximum Gasteiger partial charge on any atom is 0.230 e. The lowest BCUT2D eigenvalue weighted by Gasteiger charge is -2.43. The van der Waals surface area contributed by atoms with E-state index in [1.807, 2.05) is 24.1 Å². The van der Waals surface area contributed by atoms with Crippen LogP contribution in [0.15, 0.2) is 24.5 Å². The molecule has 0 radical (unpaired) electrons. The lowest BCUT2D eigenvalue weighted by atomic mass is 9.82. The third-order valence-electron chi connectivity index (χ3n) is 5.97. The Kier molecular flexibility index (Phi) is 3.69. The lowest BCUT2D eigenvalue weighted by molar-refractivity contribution is -0.131. The third-order valence-corrected chi connectivity index (χ3v) is 8.37. The predicted octanol–water partition coefficient (Wildman–Crippen LogP) is 1.35. The fourth-order valence-electron chi connectivity index (χ4n) is 4.19. The molecule has 1 aromatic heterocycles. The van der Waals surface area contributed by atoms with E-state index < -0.39 is 10.0 Å². The van der Waals surface area contributed by atoms with Gasteiger partial charge in [-0.25, -0.2) is 12.7 Å². The molecule has 1 aromatic rings. The van der Waals surface area contributed by atoms with Gasteiger partial charge in [-0.1, -0.05) is 6.07 Å². The van der Waals surface area contributed by atoms with Gasteiger partial charge in [0.25, 0.3) is 0 Å². The van der Waals surface area contributed by atoms with Crippen molar-refractivity contribution in [1.29, 1.82) is 0 Å². The quantitative estimate of drug-likeness (QED) is 0.826. The third kappa shape index (κ3) is 2.45. The number of rotatable bonds is 3. The fraction of sp³-hybridized carbons (Fsp3) is 0.647. The normalized spacial score (nSPS) is 27.8. The van der Waals surface area contributed by atoms with Gasteiger partial charge in [-0.3, -0.25) is 9.78 Å². The van der Waals surface area contributed by atoms with E-state index in [-0.39, 0.29) is 22.6 Å². The van der Waals surface area contributed by atoms with Crippen LogP contribution in [-0.2, 0) is 14.8 Å². The van der Waals surface area contributed by atoms with Gasteiger partial charge in [0.05, 0.1) is 11.2 Å². The summed E-state index contributed by atoms with van der Waals surface area (Å²) in [6, 6.07) is 3.81. The van der Waals surface area contributed by atoms with E-state index >= 15 is 0 Å². The Morgan fingerprint density at radius 2 is 1.96 bits per heavy atom. The standard InChI is InChI=1S/C17H23N3O3S/c1-19-16(21)15(13-3-2-8-18-12-13)11-17(19)6-9-20(10-7-17)24(22,23)14-4-5-14/h2-3,8,12,14-15H,4-7,9-11H2,1H3/t15-/m0/s1. The Hall–Kier alpha value is -1.47. The summed E-state index contributed by atoms with van der Waals surface area (Å²) in [5, 5.41) is -0.155. The molecule has 1 atom stereocenters. The Balaban J connectivity index is 1.52. The average molecular weight is 349 g/mol. The number of likely N-dealkylation sites (N-methyl/N-ethyl adjacent to an activating group) is 1. The number of amides is 1. The van der Waals surface area contributed by atoms with Gasteiger partial charge in [-0.15, -0.1) is 0 Å². The van der Waals surface area contributed by atoms with Crippen molar-refractivity contribution in [1.82, 2.24) is 14.2 Å². The first-order valence-corrected chi connectivity index (χ1v) is 10.1. The topological polar surface area (TPSA) is 70.6 Å². The molecule has 2 aliphatic heterocycles. The van der Waals surface area contributed by atoms with Gasteiger partial charge in [-0.2, -0.15) is 0 Å². The molecule has 1 spiro atoms. The van der Waals surface area contributed by atoms with Crippen molar-refractivity contribution >= 4 is 15.9 Å². The molecule has 3 heterocycles. The zero-order chi connectivity index (χ0) is 16.9. The number of hydrogen-bond acceptors (Lipinski definition) is 4. The minimum absolute atomic E-state index is 0.126. The van der Waals surface area contributed by atoms with E-state index in [4.69, 9.17) is 0 Å². The number of aromatic nitrogens is 1. The molecule has 1 saturated carbocycles. The molecule has 6 nitrogen and oxygen atoms in total. The summed E-state index contributed by atoms with van der Waals surface area (Å²) in [6.07, 6.45) is 7.27. The van der Waals surface area contributed by atoms with Crippen molar-refractivity contribution < 1.29 is 13.2 Å². The fourth-order valence-corrected chi connectivity index (χ4v) is 6.03. The van der Waals surface area contributed by atoms with Crippen molar-refractivity contribution in [3.8, 4) is 0 Å². The summed E-state index contributed by atoms with van der Waals surface area (Å²) >= 11 is 0. The SMILES string of the molecule is CN1C(=O)[C@H](c2cccnc2)CC12CCN(S(=O)(=O)C1CC1)CC2. The molecular formula is C17H23N3O3S. The second-order valence-corrected chi connectivity index (χ2v) is 9.52. The average Bonchev–Trinajstić information content (AvgIpc) is 3.42. The first-order valence-electron chi connectivity index (χ1n) is 8.61. The highest BCUT2D eigenvalue weighted by atomic mass is 32.2. The molecule has 1 amide bonds. The van der Waals surface area contributed by atoms with Gasteiger partial charge in [-0.05, 0) is 43.7 Å². The van der Waals surface area contributed by atoms with Crippen molar-refractivity contribution in [2.24, 2.45) is 0 Å². The number of nitrogens with zero attached hydrogens (tertiary/aromatic N) is 3. The molecule has 0 N–H and O–H groups in total. The van der Waals surface area contributed by atoms with Gasteiger partial charge in [0.15, 0.2) is 0 Å². The summed E-state index contributed by atoms with van der Waals surface area (Å²) in [4.78, 5) is 18.7. The summed E-state index contributed by atoms with van der Waals surface area (Å²) in [5.74, 6) is -0.0308. The second-order valence-electron chi connectivity index (χ2n) is 7.31. The number of hydrogen-bond donors (Lipinski definition) is 0. The van der Waals surface area contributed by atoms with Crippen molar-refractivity contribution in [3.05, 3.63) is 30.1 Å². The van der Waals surface area contributed by atoms with Crippen molar-refractivity contribution in [3.63, 3.8) is 0 Å². The zero-order valence-corrected chi connectivity index (χ0v) is 14.7. The highest BCUT2D eigenvalue weighted by Gasteiger charge is 2.52. The van der Waals surface area contributed by atoms with E-state index in [1.54, 1.807) is 16.7 Å². The molecule has 24 heavy (non-hydrogen) atoms. The summed E-state index contributed by atoms with van der Waals surface area (Å²) < 4.78 is 26.5. The minimum atomic E-state index is -3.11. The first-order chi connectivity index (χ1) is 11.4. The van der Waals surface area contributed by atoms with E-state index in [9.17, 15) is 13.2 Å². The Morgan fingerprint density at radius 1 is 1.25 bits per heavy atom. The van der Waals surface area contributed by atoms with Crippen LogP contribution < -0.4 is 0 Å². The molecule has 7 heteroatoms. The summed E-state index contributed by atoms with van der Waals surface area (Å²) in [5.41, 5.74) is 0.743. The van der Waals surface area contributed by atoms with Gasteiger partial charge >= 0.3 is 0 Å². The highest BCUT2D eigenvalue weighted by molar-refractivity contribution is 7.90. The molecule has 130 valence electrons. The van der Waals surface area contributed by atoms with Crippen LogP contribution >= 0.6 is 0 Å². The number of sulfonamides is 1. The molecule has 2 saturated heterocycles. The van der Waals surface area contributed by atoms with E-state index in [1.165, 1.54) is 0 Å². The smallest absolute Gasteiger partial charge is 0.230 e. The van der Waals surface area contributed by atoms with Crippen LogP contribution in [0.3, 0.4) is 0 Å². The van der Waals surface area contributed by atoms with E-state index in [2.05, 4.69) is 4.98 Å². The zero-order valence-electron chi connectivity index (χ0n) is 13.9. The number of pyridine rings is 1. The van der Waals surface area contributed by atoms with Crippen LogP contribution in [0.5, 0.6) is 0 Å². The van der Waals surface area contributed by atoms with Gasteiger partial charge in [0, 0.05) is 38.1 Å². The van der Waals surface area contributed by atoms with Crippen LogP contribution in [0.2, 0.25) is 0 Å². The maximum absolute atomic E-state index is 12.7. The predicted molar refractivity (Wildman–Crippen MR) is 89.8 cm³/mol. The molecule has 0 aromatic carbocycles. The Bertz CT molecular complexity index is 738. The number of piperidine rings is 1. The summed E-state index contributed by atoms with van der Waals surface area (Å²) in [7, 11) is -1.25. The van der Waals surface area contributed by atoms with Crippen LogP contribution in [0, 0.1) is 0 Å². The van der Waals surface area contributed by atoms with Gasteiger partial charge < -0.3 is 4.90 Å². The molecule has 3 aliphatic rings. The minimum Gasteiger partial charge on any atom is -0.339 e. The highest BCUT2D eigenvalue weighted by Crippen LogP contribution is 2.45. The summed E-state index contributed by atoms with van der Waals surface area (Å²) in [6.45, 7) is 1.05. The number of carbonyl (C=O) groups is 1. The molecule has 0 bridgehead atoms. The molecule has 0 unspecified atom stereocenters. The van der Waals surface area contributed by atoms with Gasteiger partial charge in [0.1, 0.15) is 0 Å². The molecule has 1 aliphatic carbocycles. The number of carbonyl (C=O) groups excluding carboxylic acids is 1. The van der Waals surface area contributed by atoms with E-state index in [0.29, 0.717) is 13.1 Å².